The molecule has 148 valence electrons. The van der Waals surface area contributed by atoms with Gasteiger partial charge in [0.2, 0.25) is 11.9 Å². The number of phenols is 1. The topological polar surface area (TPSA) is 115 Å². The number of aromatic nitrogens is 3. The number of amides is 1. The number of benzene rings is 2. The number of hydrogen-bond acceptors (Lipinski definition) is 6. The molecule has 4 N–H and O–H groups in total. The number of carbonyl (C=O) groups is 1. The monoisotopic (exact) mass is 391 g/mol. The van der Waals surface area contributed by atoms with E-state index in [1.165, 1.54) is 0 Å². The summed E-state index contributed by atoms with van der Waals surface area (Å²) in [6.07, 6.45) is 0. The van der Waals surface area contributed by atoms with E-state index in [2.05, 4.69) is 15.4 Å². The van der Waals surface area contributed by atoms with Crippen LogP contribution in [0.2, 0.25) is 0 Å². The summed E-state index contributed by atoms with van der Waals surface area (Å²) in [6.45, 7) is 4.27. The standard InChI is InChI=1S/C21H21N5O3/c1-3-29-16-9-7-13(8-10-16)18-17(19(22)28)12(2)23-21-24-20(25-26(18)21)14-5-4-6-15(27)11-14/h4-11,18,27H,3H2,1-2H3,(H2,22,28)(H,23,24,25). The Kier molecular flexibility index (Phi) is 4.67. The molecule has 1 atom stereocenters. The van der Waals surface area contributed by atoms with Crippen molar-refractivity contribution >= 4 is 11.9 Å². The number of phenolic OH excluding ortho intramolecular Hbond substituents is 1. The Bertz CT molecular complexity index is 1100. The average molecular weight is 391 g/mol. The SMILES string of the molecule is CCOc1ccc(C2C(C(N)=O)=C(C)Nc3nc(-c4cccc(O)c4)nn32)cc1. The second kappa shape index (κ2) is 7.31. The molecule has 1 unspecified atom stereocenters. The van der Waals surface area contributed by atoms with Crippen molar-refractivity contribution in [2.45, 2.75) is 19.9 Å². The van der Waals surface area contributed by atoms with E-state index in [0.29, 0.717) is 35.2 Å². The van der Waals surface area contributed by atoms with Crippen molar-refractivity contribution in [3.63, 3.8) is 0 Å². The molecule has 1 aliphatic rings. The number of allylic oxidation sites excluding steroid dienone is 1. The van der Waals surface area contributed by atoms with E-state index in [1.807, 2.05) is 37.3 Å². The van der Waals surface area contributed by atoms with Crippen molar-refractivity contribution < 1.29 is 14.6 Å². The Labute approximate surface area is 167 Å². The molecule has 2 aromatic carbocycles. The lowest BCUT2D eigenvalue weighted by atomic mass is 9.95. The summed E-state index contributed by atoms with van der Waals surface area (Å²) in [6, 6.07) is 13.6. The maximum absolute atomic E-state index is 12.3. The Hall–Kier alpha value is -3.81. The fourth-order valence-corrected chi connectivity index (χ4v) is 3.46. The molecule has 0 radical (unpaired) electrons. The lowest BCUT2D eigenvalue weighted by molar-refractivity contribution is -0.115. The van der Waals surface area contributed by atoms with Gasteiger partial charge in [0.15, 0.2) is 5.82 Å². The smallest absolute Gasteiger partial charge is 0.248 e. The summed E-state index contributed by atoms with van der Waals surface area (Å²) < 4.78 is 7.15. The lowest BCUT2D eigenvalue weighted by Crippen LogP contribution is -2.31. The number of ether oxygens (including phenoxy) is 1. The van der Waals surface area contributed by atoms with E-state index in [4.69, 9.17) is 10.5 Å². The molecule has 29 heavy (non-hydrogen) atoms. The van der Waals surface area contributed by atoms with Crippen molar-refractivity contribution in [2.24, 2.45) is 5.73 Å². The van der Waals surface area contributed by atoms with Gasteiger partial charge in [0, 0.05) is 11.3 Å². The van der Waals surface area contributed by atoms with Gasteiger partial charge in [-0.2, -0.15) is 4.98 Å². The van der Waals surface area contributed by atoms with E-state index >= 15 is 0 Å². The maximum atomic E-state index is 12.3. The third-order valence-corrected chi connectivity index (χ3v) is 4.73. The van der Waals surface area contributed by atoms with Crippen molar-refractivity contribution in [2.75, 3.05) is 11.9 Å². The van der Waals surface area contributed by atoms with Gasteiger partial charge in [0.1, 0.15) is 17.5 Å². The van der Waals surface area contributed by atoms with Crippen molar-refractivity contribution in [3.05, 3.63) is 65.4 Å². The highest BCUT2D eigenvalue weighted by atomic mass is 16.5. The third kappa shape index (κ3) is 3.40. The average Bonchev–Trinajstić information content (AvgIpc) is 3.11. The number of fused-ring (bicyclic) bond motifs is 1. The third-order valence-electron chi connectivity index (χ3n) is 4.73. The molecule has 2 heterocycles. The Morgan fingerprint density at radius 3 is 2.69 bits per heavy atom. The number of hydrogen-bond donors (Lipinski definition) is 3. The number of nitrogens with zero attached hydrogens (tertiary/aromatic N) is 3. The summed E-state index contributed by atoms with van der Waals surface area (Å²) >= 11 is 0. The van der Waals surface area contributed by atoms with E-state index < -0.39 is 11.9 Å². The van der Waals surface area contributed by atoms with Gasteiger partial charge in [-0.15, -0.1) is 5.10 Å². The number of anilines is 1. The molecule has 1 aromatic heterocycles. The lowest BCUT2D eigenvalue weighted by Gasteiger charge is -2.27. The number of nitrogens with two attached hydrogens (primary N) is 1. The minimum absolute atomic E-state index is 0.124. The number of primary amides is 1. The predicted molar refractivity (Wildman–Crippen MR) is 108 cm³/mol. The molecule has 0 fully saturated rings. The molecule has 0 saturated carbocycles. The number of carbonyl (C=O) groups excluding carboxylic acids is 1. The molecule has 1 amide bonds. The Morgan fingerprint density at radius 1 is 1.28 bits per heavy atom. The molecule has 1 aliphatic heterocycles. The highest BCUT2D eigenvalue weighted by Gasteiger charge is 2.33. The summed E-state index contributed by atoms with van der Waals surface area (Å²) in [5.41, 5.74) is 8.23. The molecule has 0 aliphatic carbocycles. The van der Waals surface area contributed by atoms with Crippen LogP contribution in [0.5, 0.6) is 11.5 Å². The van der Waals surface area contributed by atoms with Crippen LogP contribution in [0.25, 0.3) is 11.4 Å². The van der Waals surface area contributed by atoms with Gasteiger partial charge in [-0.25, -0.2) is 4.68 Å². The molecular formula is C21H21N5O3. The van der Waals surface area contributed by atoms with Gasteiger partial charge in [-0.3, -0.25) is 4.79 Å². The van der Waals surface area contributed by atoms with Crippen LogP contribution in [0.15, 0.2) is 59.8 Å². The van der Waals surface area contributed by atoms with Crippen LogP contribution >= 0.6 is 0 Å². The molecule has 4 rings (SSSR count). The molecular weight excluding hydrogens is 370 g/mol. The summed E-state index contributed by atoms with van der Waals surface area (Å²) in [5.74, 6) is 1.25. The summed E-state index contributed by atoms with van der Waals surface area (Å²) in [4.78, 5) is 16.8. The van der Waals surface area contributed by atoms with Crippen molar-refractivity contribution in [1.29, 1.82) is 0 Å². The van der Waals surface area contributed by atoms with Crippen LogP contribution in [0, 0.1) is 0 Å². The van der Waals surface area contributed by atoms with Gasteiger partial charge in [-0.05, 0) is 43.7 Å². The molecule has 0 spiro atoms. The second-order valence-electron chi connectivity index (χ2n) is 6.69. The Morgan fingerprint density at radius 2 is 2.03 bits per heavy atom. The first-order valence-electron chi connectivity index (χ1n) is 9.24. The second-order valence-corrected chi connectivity index (χ2v) is 6.69. The summed E-state index contributed by atoms with van der Waals surface area (Å²) in [5, 5.41) is 17.5. The first kappa shape index (κ1) is 18.5. The first-order chi connectivity index (χ1) is 14.0. The molecule has 8 nitrogen and oxygen atoms in total. The predicted octanol–water partition coefficient (Wildman–Crippen LogP) is 2.82. The maximum Gasteiger partial charge on any atom is 0.248 e. The van der Waals surface area contributed by atoms with Gasteiger partial charge in [0.05, 0.1) is 12.2 Å². The van der Waals surface area contributed by atoms with Gasteiger partial charge >= 0.3 is 0 Å². The van der Waals surface area contributed by atoms with Crippen LogP contribution in [0.4, 0.5) is 5.95 Å². The first-order valence-corrected chi connectivity index (χ1v) is 9.24. The van der Waals surface area contributed by atoms with Crippen LogP contribution < -0.4 is 15.8 Å². The van der Waals surface area contributed by atoms with Gasteiger partial charge in [0.25, 0.3) is 0 Å². The van der Waals surface area contributed by atoms with Crippen LogP contribution in [0.1, 0.15) is 25.5 Å². The van der Waals surface area contributed by atoms with E-state index in [1.54, 1.807) is 29.8 Å². The van der Waals surface area contributed by atoms with Crippen molar-refractivity contribution in [1.82, 2.24) is 14.8 Å². The minimum atomic E-state index is -0.533. The fraction of sp³-hybridized carbons (Fsp3) is 0.190. The Balaban J connectivity index is 1.83. The van der Waals surface area contributed by atoms with E-state index in [9.17, 15) is 9.90 Å². The number of rotatable bonds is 5. The van der Waals surface area contributed by atoms with Gasteiger partial charge in [-0.1, -0.05) is 24.3 Å². The summed E-state index contributed by atoms with van der Waals surface area (Å²) in [7, 11) is 0. The molecule has 0 saturated heterocycles. The molecule has 0 bridgehead atoms. The van der Waals surface area contributed by atoms with Crippen LogP contribution in [0.3, 0.4) is 0 Å². The van der Waals surface area contributed by atoms with Crippen LogP contribution in [-0.2, 0) is 4.79 Å². The zero-order valence-electron chi connectivity index (χ0n) is 16.1. The quantitative estimate of drug-likeness (QED) is 0.616. The fourth-order valence-electron chi connectivity index (χ4n) is 3.46. The van der Waals surface area contributed by atoms with Gasteiger partial charge < -0.3 is 20.9 Å². The molecule has 8 heteroatoms. The number of nitrogens with one attached hydrogen (secondary N) is 1. The number of aromatic hydroxyl groups is 1. The minimum Gasteiger partial charge on any atom is -0.508 e. The highest BCUT2D eigenvalue weighted by Crippen LogP contribution is 2.36. The molecule has 3 aromatic rings. The normalized spacial score (nSPS) is 15.6. The van der Waals surface area contributed by atoms with Crippen molar-refractivity contribution in [3.8, 4) is 22.9 Å². The highest BCUT2D eigenvalue weighted by molar-refractivity contribution is 5.95. The van der Waals surface area contributed by atoms with E-state index in [-0.39, 0.29) is 5.75 Å². The zero-order valence-corrected chi connectivity index (χ0v) is 16.1. The van der Waals surface area contributed by atoms with Crippen LogP contribution in [-0.4, -0.2) is 32.4 Å². The zero-order chi connectivity index (χ0) is 20.5. The largest absolute Gasteiger partial charge is 0.508 e. The van der Waals surface area contributed by atoms with E-state index in [0.717, 1.165) is 11.3 Å².